The number of nitrogens with zero attached hydrogens (tertiary/aromatic N) is 7. The van der Waals surface area contributed by atoms with Crippen molar-refractivity contribution in [1.82, 2.24) is 35.3 Å². The van der Waals surface area contributed by atoms with E-state index in [1.165, 1.54) is 0 Å². The highest BCUT2D eigenvalue weighted by Gasteiger charge is 2.33. The maximum Gasteiger partial charge on any atom is 0.405 e. The smallest absolute Gasteiger partial charge is 0.405 e. The van der Waals surface area contributed by atoms with Gasteiger partial charge in [-0.15, -0.1) is 0 Å². The molecule has 4 aromatic rings. The Hall–Kier alpha value is -3.62. The molecule has 3 aromatic heterocycles. The summed E-state index contributed by atoms with van der Waals surface area (Å²) >= 11 is 13.0. The van der Waals surface area contributed by atoms with Crippen LogP contribution in [0.15, 0.2) is 12.1 Å². The Kier molecular flexibility index (Phi) is 5.22. The van der Waals surface area contributed by atoms with Gasteiger partial charge in [0.2, 0.25) is 5.95 Å². The SMILES string of the molecule is Cn1nc(Cl)c2c(Cl)c(-c3n[nH]c4nc(N5CCC(C)(NC(=O)O)CC5)nc(C#N)c34)ccc21. The van der Waals surface area contributed by atoms with Crippen molar-refractivity contribution in [3.8, 4) is 17.3 Å². The van der Waals surface area contributed by atoms with Gasteiger partial charge in [0, 0.05) is 31.2 Å². The van der Waals surface area contributed by atoms with Crippen molar-refractivity contribution in [2.24, 2.45) is 7.05 Å². The number of anilines is 1. The topological polar surface area (TPSA) is 149 Å². The van der Waals surface area contributed by atoms with Crippen molar-refractivity contribution in [3.63, 3.8) is 0 Å². The van der Waals surface area contributed by atoms with E-state index in [1.54, 1.807) is 17.8 Å². The fourth-order valence-electron chi connectivity index (χ4n) is 4.37. The molecule has 0 aliphatic carbocycles. The second-order valence-electron chi connectivity index (χ2n) is 8.49. The summed E-state index contributed by atoms with van der Waals surface area (Å²) in [6.45, 7) is 2.95. The van der Waals surface area contributed by atoms with Crippen LogP contribution in [0.25, 0.3) is 33.2 Å². The van der Waals surface area contributed by atoms with Crippen LogP contribution in [0.2, 0.25) is 10.2 Å². The van der Waals surface area contributed by atoms with Gasteiger partial charge in [0.15, 0.2) is 16.5 Å². The second kappa shape index (κ2) is 8.00. The van der Waals surface area contributed by atoms with Crippen LogP contribution in [0.4, 0.5) is 10.7 Å². The number of fused-ring (bicyclic) bond motifs is 2. The average Bonchev–Trinajstić information content (AvgIpc) is 3.34. The molecule has 1 aliphatic rings. The molecule has 1 fully saturated rings. The normalized spacial score (nSPS) is 15.6. The molecule has 0 saturated carbocycles. The highest BCUT2D eigenvalue weighted by Crippen LogP contribution is 2.39. The fraction of sp³-hybridized carbons (Fsp3) is 0.333. The summed E-state index contributed by atoms with van der Waals surface area (Å²) in [5, 5.41) is 34.7. The number of carboxylic acid groups (broad SMARTS) is 1. The highest BCUT2D eigenvalue weighted by atomic mass is 35.5. The number of aromatic nitrogens is 6. The number of amides is 1. The van der Waals surface area contributed by atoms with E-state index in [4.69, 9.17) is 28.3 Å². The van der Waals surface area contributed by atoms with E-state index in [0.717, 1.165) is 5.52 Å². The number of nitrogens with one attached hydrogen (secondary N) is 2. The Bertz CT molecular complexity index is 1500. The first-order chi connectivity index (χ1) is 16.2. The van der Waals surface area contributed by atoms with Crippen molar-refractivity contribution < 1.29 is 9.90 Å². The maximum atomic E-state index is 11.1. The van der Waals surface area contributed by atoms with Crippen molar-refractivity contribution in [3.05, 3.63) is 28.0 Å². The van der Waals surface area contributed by atoms with Crippen LogP contribution >= 0.6 is 23.2 Å². The van der Waals surface area contributed by atoms with Gasteiger partial charge in [0.25, 0.3) is 0 Å². The summed E-state index contributed by atoms with van der Waals surface area (Å²) in [5.41, 5.74) is 1.84. The zero-order valence-corrected chi connectivity index (χ0v) is 19.7. The third kappa shape index (κ3) is 3.55. The van der Waals surface area contributed by atoms with Gasteiger partial charge >= 0.3 is 6.09 Å². The third-order valence-electron chi connectivity index (χ3n) is 6.24. The molecule has 0 radical (unpaired) electrons. The molecule has 0 spiro atoms. The zero-order valence-electron chi connectivity index (χ0n) is 18.2. The van der Waals surface area contributed by atoms with Gasteiger partial charge in [-0.2, -0.15) is 20.4 Å². The first-order valence-electron chi connectivity index (χ1n) is 10.4. The van der Waals surface area contributed by atoms with Gasteiger partial charge in [-0.1, -0.05) is 23.2 Å². The van der Waals surface area contributed by atoms with Crippen LogP contribution in [0.1, 0.15) is 25.5 Å². The number of benzene rings is 1. The minimum Gasteiger partial charge on any atom is -0.465 e. The van der Waals surface area contributed by atoms with Crippen molar-refractivity contribution in [2.75, 3.05) is 18.0 Å². The van der Waals surface area contributed by atoms with Crippen LogP contribution in [0, 0.1) is 11.3 Å². The molecule has 1 aliphatic heterocycles. The Morgan fingerprint density at radius 3 is 2.68 bits per heavy atom. The van der Waals surface area contributed by atoms with E-state index >= 15 is 0 Å². The minimum absolute atomic E-state index is 0.161. The summed E-state index contributed by atoms with van der Waals surface area (Å²) in [7, 11) is 1.78. The molecule has 34 heavy (non-hydrogen) atoms. The van der Waals surface area contributed by atoms with E-state index in [-0.39, 0.29) is 10.8 Å². The average molecular weight is 500 g/mol. The summed E-state index contributed by atoms with van der Waals surface area (Å²) < 4.78 is 1.64. The van der Waals surface area contributed by atoms with Gasteiger partial charge in [-0.25, -0.2) is 9.78 Å². The first kappa shape index (κ1) is 22.2. The van der Waals surface area contributed by atoms with Crippen molar-refractivity contribution in [2.45, 2.75) is 25.3 Å². The molecule has 5 rings (SSSR count). The lowest BCUT2D eigenvalue weighted by Crippen LogP contribution is -2.53. The van der Waals surface area contributed by atoms with Gasteiger partial charge < -0.3 is 15.3 Å². The lowest BCUT2D eigenvalue weighted by Gasteiger charge is -2.39. The number of carbonyl (C=O) groups is 1. The summed E-state index contributed by atoms with van der Waals surface area (Å²) in [6, 6.07) is 5.79. The van der Waals surface area contributed by atoms with Gasteiger partial charge in [0.1, 0.15) is 11.8 Å². The monoisotopic (exact) mass is 499 g/mol. The maximum absolute atomic E-state index is 11.1. The van der Waals surface area contributed by atoms with Crippen LogP contribution in [0.5, 0.6) is 0 Å². The third-order valence-corrected chi connectivity index (χ3v) is 6.90. The number of hydrogen-bond acceptors (Lipinski definition) is 7. The van der Waals surface area contributed by atoms with Gasteiger partial charge in [-0.05, 0) is 31.9 Å². The van der Waals surface area contributed by atoms with Crippen LogP contribution in [0.3, 0.4) is 0 Å². The van der Waals surface area contributed by atoms with E-state index in [0.29, 0.717) is 64.6 Å². The lowest BCUT2D eigenvalue weighted by molar-refractivity contribution is 0.173. The van der Waals surface area contributed by atoms with Crippen molar-refractivity contribution in [1.29, 1.82) is 5.26 Å². The van der Waals surface area contributed by atoms with Gasteiger partial charge in [0.05, 0.1) is 21.3 Å². The Morgan fingerprint density at radius 1 is 1.26 bits per heavy atom. The zero-order chi connectivity index (χ0) is 24.2. The quantitative estimate of drug-likeness (QED) is 0.386. The van der Waals surface area contributed by atoms with Crippen LogP contribution in [-0.4, -0.2) is 59.8 Å². The number of halogens is 2. The Balaban J connectivity index is 1.54. The molecule has 13 heteroatoms. The number of H-pyrrole nitrogens is 1. The number of piperidine rings is 1. The molecule has 0 atom stereocenters. The van der Waals surface area contributed by atoms with E-state index < -0.39 is 11.6 Å². The Morgan fingerprint density at radius 2 is 2.00 bits per heavy atom. The van der Waals surface area contributed by atoms with E-state index in [2.05, 4.69) is 36.7 Å². The molecular formula is C21H19Cl2N9O2. The molecular weight excluding hydrogens is 481 g/mol. The summed E-state index contributed by atoms with van der Waals surface area (Å²) in [5.74, 6) is 0.383. The minimum atomic E-state index is -1.05. The highest BCUT2D eigenvalue weighted by molar-refractivity contribution is 6.43. The molecule has 0 bridgehead atoms. The largest absolute Gasteiger partial charge is 0.465 e. The van der Waals surface area contributed by atoms with Crippen LogP contribution < -0.4 is 10.2 Å². The number of rotatable bonds is 3. The fourth-order valence-corrected chi connectivity index (χ4v) is 5.06. The second-order valence-corrected chi connectivity index (χ2v) is 9.23. The molecule has 1 amide bonds. The molecule has 1 saturated heterocycles. The standard InChI is InChI=1S/C21H19Cl2N9O2/c1-21(27-20(33)34)5-7-32(8-6-21)19-25-11(9-24)13-16(28-29-18(13)26-19)10-3-4-12-14(15(10)22)17(23)30-31(12)2/h3-4,27H,5-8H2,1-2H3,(H,33,34)(H,25,26,28,29). The number of aryl methyl sites for hydroxylation is 1. The van der Waals surface area contributed by atoms with E-state index in [9.17, 15) is 10.1 Å². The molecule has 11 nitrogen and oxygen atoms in total. The van der Waals surface area contributed by atoms with Crippen molar-refractivity contribution >= 4 is 57.2 Å². The number of hydrogen-bond donors (Lipinski definition) is 3. The molecule has 4 heterocycles. The summed E-state index contributed by atoms with van der Waals surface area (Å²) in [4.78, 5) is 22.1. The molecule has 1 aromatic carbocycles. The first-order valence-corrected chi connectivity index (χ1v) is 11.2. The number of aromatic amines is 1. The molecule has 0 unspecified atom stereocenters. The van der Waals surface area contributed by atoms with Gasteiger partial charge in [-0.3, -0.25) is 9.78 Å². The predicted octanol–water partition coefficient (Wildman–Crippen LogP) is 3.71. The van der Waals surface area contributed by atoms with Crippen LogP contribution in [-0.2, 0) is 7.05 Å². The molecule has 3 N–H and O–H groups in total. The molecule has 174 valence electrons. The summed E-state index contributed by atoms with van der Waals surface area (Å²) in [6.07, 6.45) is 0.117. The van der Waals surface area contributed by atoms with E-state index in [1.807, 2.05) is 17.9 Å². The Labute approximate surface area is 203 Å². The number of nitriles is 1. The predicted molar refractivity (Wildman–Crippen MR) is 127 cm³/mol. The lowest BCUT2D eigenvalue weighted by atomic mass is 9.90.